The van der Waals surface area contributed by atoms with Crippen LogP contribution in [0.2, 0.25) is 0 Å². The fraction of sp³-hybridized carbons (Fsp3) is 0. The molecule has 1 aliphatic heterocycles. The molecule has 3 heteroatoms. The van der Waals surface area contributed by atoms with E-state index in [0.717, 1.165) is 0 Å². The number of rotatable bonds is 0. The predicted molar refractivity (Wildman–Crippen MR) is 35.7 cm³/mol. The number of nitrogens with zero attached hydrogens (tertiary/aromatic N) is 1. The second-order valence-corrected chi connectivity index (χ2v) is 1.15. The lowest BCUT2D eigenvalue weighted by Gasteiger charge is -1.78. The van der Waals surface area contributed by atoms with E-state index in [-0.39, 0.29) is 8.41 Å². The van der Waals surface area contributed by atoms with Crippen LogP contribution in [0.25, 0.3) is 0 Å². The van der Waals surface area contributed by atoms with E-state index in [1.54, 1.807) is 12.4 Å². The van der Waals surface area contributed by atoms with Crippen LogP contribution in [0.5, 0.6) is 0 Å². The summed E-state index contributed by atoms with van der Waals surface area (Å²) in [6, 6.07) is 0. The molecule has 0 saturated carbocycles. The van der Waals surface area contributed by atoms with Gasteiger partial charge in [0.2, 0.25) is 0 Å². The van der Waals surface area contributed by atoms with E-state index < -0.39 is 0 Å². The number of allylic oxidation sites excluding steroid dienone is 3. The lowest BCUT2D eigenvalue weighted by Crippen LogP contribution is -1.89. The van der Waals surface area contributed by atoms with Crippen molar-refractivity contribution in [2.45, 2.75) is 0 Å². The van der Waals surface area contributed by atoms with E-state index in [0.29, 0.717) is 0 Å². The molecule has 0 fully saturated rings. The number of hydrogen-bond donors (Lipinski definition) is 1. The molecule has 0 saturated heterocycles. The summed E-state index contributed by atoms with van der Waals surface area (Å²) in [6.07, 6.45) is 9.10. The van der Waals surface area contributed by atoms with Gasteiger partial charge in [0.25, 0.3) is 0 Å². The average molecular weight is 105 g/mol. The highest BCUT2D eigenvalue weighted by Gasteiger charge is 1.68. The molecule has 0 aromatic heterocycles. The van der Waals surface area contributed by atoms with Gasteiger partial charge in [-0.15, -0.1) is 0 Å². The maximum atomic E-state index is 3.72. The summed E-state index contributed by atoms with van der Waals surface area (Å²) >= 11 is 0. The minimum absolute atomic E-state index is 0. The highest BCUT2D eigenvalue weighted by Crippen LogP contribution is 1.76. The minimum atomic E-state index is 0. The molecule has 1 rings (SSSR count). The van der Waals surface area contributed by atoms with Gasteiger partial charge in [0.15, 0.2) is 0 Å². The third-order valence-corrected chi connectivity index (χ3v) is 0.628. The largest absolute Gasteiger partial charge is 0.286 e. The molecule has 0 amide bonds. The van der Waals surface area contributed by atoms with Crippen LogP contribution in [0.3, 0.4) is 0 Å². The summed E-state index contributed by atoms with van der Waals surface area (Å²) in [7, 11) is 0. The molecule has 0 atom stereocenters. The normalized spacial score (nSPS) is 14.0. The Morgan fingerprint density at radius 1 is 1.12 bits per heavy atom. The first kappa shape index (κ1) is 7.01. The fourth-order valence-electron chi connectivity index (χ4n) is 0.342. The van der Waals surface area contributed by atoms with E-state index in [4.69, 9.17) is 0 Å². The summed E-state index contributed by atoms with van der Waals surface area (Å²) in [4.78, 5) is 0. The predicted octanol–water partition coefficient (Wildman–Crippen LogP) is 0.265. The van der Waals surface area contributed by atoms with Gasteiger partial charge in [-0.25, -0.2) is 0 Å². The van der Waals surface area contributed by atoms with Crippen LogP contribution in [0.4, 0.5) is 0 Å². The van der Waals surface area contributed by atoms with Crippen molar-refractivity contribution in [3.05, 3.63) is 24.4 Å². The minimum Gasteiger partial charge on any atom is -0.286 e. The quantitative estimate of drug-likeness (QED) is 0.439. The molecule has 3 radical (unpaired) electrons. The van der Waals surface area contributed by atoms with E-state index >= 15 is 0 Å². The zero-order chi connectivity index (χ0) is 4.95. The van der Waals surface area contributed by atoms with Crippen LogP contribution >= 0.6 is 0 Å². The summed E-state index contributed by atoms with van der Waals surface area (Å²) in [5.74, 6) is 0. The van der Waals surface area contributed by atoms with Crippen LogP contribution in [-0.2, 0) is 0 Å². The Kier molecular flexibility index (Phi) is 3.67. The Hall–Kier alpha value is -0.985. The Bertz CT molecular complexity index is 112. The van der Waals surface area contributed by atoms with Crippen molar-refractivity contribution >= 4 is 14.6 Å². The van der Waals surface area contributed by atoms with Gasteiger partial charge in [-0.2, -0.15) is 5.10 Å². The molecule has 39 valence electrons. The average Bonchev–Trinajstić information content (AvgIpc) is 1.90. The molecule has 1 heterocycles. The molecular formula is C5H6BN2. The van der Waals surface area contributed by atoms with Gasteiger partial charge >= 0.3 is 0 Å². The monoisotopic (exact) mass is 105 g/mol. The standard InChI is InChI=1S/C5H6N2.B/c1-2-4-6-7-5-3-1;/h1-6H;. The molecule has 8 heavy (non-hydrogen) atoms. The summed E-state index contributed by atoms with van der Waals surface area (Å²) < 4.78 is 0. The highest BCUT2D eigenvalue weighted by molar-refractivity contribution is 5.75. The first-order valence-electron chi connectivity index (χ1n) is 2.10. The van der Waals surface area contributed by atoms with Crippen molar-refractivity contribution < 1.29 is 0 Å². The number of hydrazone groups is 1. The van der Waals surface area contributed by atoms with Gasteiger partial charge in [-0.1, -0.05) is 6.08 Å². The molecule has 2 nitrogen and oxygen atoms in total. The van der Waals surface area contributed by atoms with Gasteiger partial charge in [0, 0.05) is 20.8 Å². The molecule has 1 aliphatic rings. The third-order valence-electron chi connectivity index (χ3n) is 0.628. The molecule has 0 unspecified atom stereocenters. The molecule has 0 bridgehead atoms. The summed E-state index contributed by atoms with van der Waals surface area (Å²) in [5.41, 5.74) is 2.67. The Morgan fingerprint density at radius 3 is 2.88 bits per heavy atom. The Morgan fingerprint density at radius 2 is 2.00 bits per heavy atom. The smallest absolute Gasteiger partial charge is 0.0472 e. The van der Waals surface area contributed by atoms with Gasteiger partial charge in [0.05, 0.1) is 0 Å². The lowest BCUT2D eigenvalue weighted by molar-refractivity contribution is 0.980. The molecule has 1 N–H and O–H groups in total. The van der Waals surface area contributed by atoms with Crippen molar-refractivity contribution in [2.24, 2.45) is 5.10 Å². The van der Waals surface area contributed by atoms with Gasteiger partial charge in [-0.05, 0) is 12.2 Å². The van der Waals surface area contributed by atoms with Crippen molar-refractivity contribution in [3.63, 3.8) is 0 Å². The summed E-state index contributed by atoms with van der Waals surface area (Å²) in [5, 5.41) is 3.72. The van der Waals surface area contributed by atoms with E-state index in [9.17, 15) is 0 Å². The fourth-order valence-corrected chi connectivity index (χ4v) is 0.342. The molecule has 0 aromatic rings. The molecule has 0 spiro atoms. The van der Waals surface area contributed by atoms with E-state index in [2.05, 4.69) is 10.5 Å². The Balaban J connectivity index is 0.000000490. The van der Waals surface area contributed by atoms with Crippen molar-refractivity contribution in [1.82, 2.24) is 5.43 Å². The van der Waals surface area contributed by atoms with Crippen molar-refractivity contribution in [2.75, 3.05) is 0 Å². The Labute approximate surface area is 50.6 Å². The lowest BCUT2D eigenvalue weighted by atomic mass is 10.5. The summed E-state index contributed by atoms with van der Waals surface area (Å²) in [6.45, 7) is 0. The third kappa shape index (κ3) is 2.23. The van der Waals surface area contributed by atoms with Crippen LogP contribution in [0.15, 0.2) is 29.5 Å². The van der Waals surface area contributed by atoms with Crippen molar-refractivity contribution in [3.8, 4) is 0 Å². The molecule has 0 aliphatic carbocycles. The van der Waals surface area contributed by atoms with E-state index in [1.807, 2.05) is 18.2 Å². The van der Waals surface area contributed by atoms with Crippen LogP contribution in [-0.4, -0.2) is 14.6 Å². The maximum Gasteiger partial charge on any atom is 0.0472 e. The maximum absolute atomic E-state index is 3.72. The SMILES string of the molecule is C1=CC=NNC=C1.[B]. The zero-order valence-corrected chi connectivity index (χ0v) is 4.41. The first-order chi connectivity index (χ1) is 3.50. The van der Waals surface area contributed by atoms with E-state index in [1.165, 1.54) is 0 Å². The van der Waals surface area contributed by atoms with Crippen molar-refractivity contribution in [1.29, 1.82) is 0 Å². The first-order valence-corrected chi connectivity index (χ1v) is 2.10. The van der Waals surface area contributed by atoms with Gasteiger partial charge in [-0.3, -0.25) is 5.43 Å². The zero-order valence-electron chi connectivity index (χ0n) is 4.41. The second kappa shape index (κ2) is 4.18. The molecular weight excluding hydrogens is 98.9 g/mol. The van der Waals surface area contributed by atoms with Gasteiger partial charge < -0.3 is 0 Å². The number of nitrogens with one attached hydrogen (secondary N) is 1. The number of hydrogen-bond acceptors (Lipinski definition) is 2. The second-order valence-electron chi connectivity index (χ2n) is 1.15. The topological polar surface area (TPSA) is 24.4 Å². The van der Waals surface area contributed by atoms with Crippen LogP contribution in [0, 0.1) is 0 Å². The van der Waals surface area contributed by atoms with Crippen LogP contribution in [0.1, 0.15) is 0 Å². The highest BCUT2D eigenvalue weighted by atomic mass is 15.3. The van der Waals surface area contributed by atoms with Crippen LogP contribution < -0.4 is 5.43 Å². The molecule has 0 aromatic carbocycles. The van der Waals surface area contributed by atoms with Gasteiger partial charge in [0.1, 0.15) is 0 Å².